The second-order valence-electron chi connectivity index (χ2n) is 2.84. The Labute approximate surface area is 102 Å². The number of rotatable bonds is 4. The van der Waals surface area contributed by atoms with Gasteiger partial charge in [-0.2, -0.15) is 0 Å². The lowest BCUT2D eigenvalue weighted by Crippen LogP contribution is -2.31. The van der Waals surface area contributed by atoms with Crippen molar-refractivity contribution in [2.24, 2.45) is 0 Å². The number of anilines is 1. The number of nitrogens with one attached hydrogen (secondary N) is 1. The quantitative estimate of drug-likeness (QED) is 0.770. The highest BCUT2D eigenvalue weighted by Crippen LogP contribution is 2.17. The van der Waals surface area contributed by atoms with Crippen LogP contribution in [0.2, 0.25) is 0 Å². The van der Waals surface area contributed by atoms with E-state index in [0.29, 0.717) is 6.41 Å². The minimum Gasteiger partial charge on any atom is -0.464 e. The van der Waals surface area contributed by atoms with Gasteiger partial charge < -0.3 is 10.4 Å². The molecule has 0 aliphatic carbocycles. The minimum absolute atomic E-state index is 0.273. The number of nitrogens with zero attached hydrogens (tertiary/aromatic N) is 1. The molecule has 0 saturated carbocycles. The highest BCUT2D eigenvalue weighted by atomic mass is 32.2. The molecule has 0 atom stereocenters. The monoisotopic (exact) mass is 261 g/mol. The molecule has 0 aromatic heterocycles. The molecule has 2 amide bonds. The van der Waals surface area contributed by atoms with Crippen molar-refractivity contribution in [2.45, 2.75) is 4.90 Å². The van der Waals surface area contributed by atoms with Crippen molar-refractivity contribution in [1.82, 2.24) is 4.31 Å². The van der Waals surface area contributed by atoms with E-state index >= 15 is 0 Å². The van der Waals surface area contributed by atoms with E-state index in [1.165, 1.54) is 12.1 Å². The Bertz CT molecular complexity index is 611. The van der Waals surface area contributed by atoms with Gasteiger partial charge in [0.15, 0.2) is 0 Å². The van der Waals surface area contributed by atoms with Gasteiger partial charge in [-0.05, 0) is 24.3 Å². The summed E-state index contributed by atoms with van der Waals surface area (Å²) in [7, 11) is -4.73. The first kappa shape index (κ1) is 8.99. The van der Waals surface area contributed by atoms with Crippen molar-refractivity contribution in [2.75, 3.05) is 12.3 Å². The Hall–Kier alpha value is -2.09. The molecule has 7 nitrogen and oxygen atoms in total. The van der Waals surface area contributed by atoms with Crippen LogP contribution in [0.25, 0.3) is 0 Å². The molecule has 1 rings (SSSR count). The molecule has 0 fully saturated rings. The highest BCUT2D eigenvalue weighted by molar-refractivity contribution is 7.89. The van der Waals surface area contributed by atoms with E-state index in [4.69, 9.17) is 9.22 Å². The van der Waals surface area contributed by atoms with E-state index in [1.54, 1.807) is 0 Å². The summed E-state index contributed by atoms with van der Waals surface area (Å²) in [5, 5.41) is 11.0. The normalized spacial score (nSPS) is 14.0. The molecule has 0 saturated heterocycles. The molecule has 0 spiro atoms. The number of carbonyl (C=O) groups is 2. The smallest absolute Gasteiger partial charge is 0.421 e. The lowest BCUT2D eigenvalue weighted by atomic mass is 10.3. The maximum Gasteiger partial charge on any atom is 0.421 e. The zero-order valence-electron chi connectivity index (χ0n) is 11.3. The lowest BCUT2D eigenvalue weighted by Gasteiger charge is -2.13. The zero-order valence-corrected chi connectivity index (χ0v) is 9.14. The molecule has 17 heavy (non-hydrogen) atoms. The SMILES string of the molecule is [2H]C([2H])([2H])N(C(=O)O)S(=O)(=O)c1ccc(NC=O)cc1. The van der Waals surface area contributed by atoms with Gasteiger partial charge in [-0.1, -0.05) is 0 Å². The minimum atomic E-state index is -4.73. The fourth-order valence-electron chi connectivity index (χ4n) is 0.999. The van der Waals surface area contributed by atoms with Gasteiger partial charge >= 0.3 is 6.09 Å². The Kier molecular flexibility index (Phi) is 2.55. The molecule has 0 heterocycles. The van der Waals surface area contributed by atoms with Gasteiger partial charge in [0, 0.05) is 16.8 Å². The molecular weight excluding hydrogens is 248 g/mol. The van der Waals surface area contributed by atoms with Crippen LogP contribution in [0.3, 0.4) is 0 Å². The number of hydrogen-bond acceptors (Lipinski definition) is 4. The van der Waals surface area contributed by atoms with Gasteiger partial charge in [0.2, 0.25) is 6.41 Å². The lowest BCUT2D eigenvalue weighted by molar-refractivity contribution is -0.105. The second-order valence-corrected chi connectivity index (χ2v) is 4.63. The van der Waals surface area contributed by atoms with Crippen molar-refractivity contribution < 1.29 is 27.2 Å². The van der Waals surface area contributed by atoms with E-state index in [9.17, 15) is 18.0 Å². The van der Waals surface area contributed by atoms with Crippen LogP contribution in [0.15, 0.2) is 29.2 Å². The topological polar surface area (TPSA) is 104 Å². The van der Waals surface area contributed by atoms with Crippen LogP contribution in [-0.2, 0) is 14.8 Å². The zero-order chi connectivity index (χ0) is 15.6. The van der Waals surface area contributed by atoms with Crippen LogP contribution in [0.1, 0.15) is 4.11 Å². The number of benzene rings is 1. The van der Waals surface area contributed by atoms with Gasteiger partial charge in [0.05, 0.1) is 4.90 Å². The molecule has 0 bridgehead atoms. The van der Waals surface area contributed by atoms with Crippen molar-refractivity contribution in [1.29, 1.82) is 0 Å². The molecule has 0 aliphatic rings. The van der Waals surface area contributed by atoms with Crippen LogP contribution >= 0.6 is 0 Å². The van der Waals surface area contributed by atoms with Crippen LogP contribution < -0.4 is 5.32 Å². The van der Waals surface area contributed by atoms with Gasteiger partial charge in [-0.3, -0.25) is 4.79 Å². The third-order valence-electron chi connectivity index (χ3n) is 1.79. The summed E-state index contributed by atoms with van der Waals surface area (Å²) in [5.41, 5.74) is 0.273. The first-order valence-corrected chi connectivity index (χ1v) is 5.63. The molecule has 2 N–H and O–H groups in total. The molecule has 0 unspecified atom stereocenters. The fourth-order valence-corrected chi connectivity index (χ4v) is 1.90. The summed E-state index contributed by atoms with van der Waals surface area (Å²) >= 11 is 0. The van der Waals surface area contributed by atoms with Gasteiger partial charge in [0.25, 0.3) is 10.0 Å². The van der Waals surface area contributed by atoms with Gasteiger partial charge in [-0.15, -0.1) is 0 Å². The van der Waals surface area contributed by atoms with E-state index < -0.39 is 32.3 Å². The highest BCUT2D eigenvalue weighted by Gasteiger charge is 2.24. The molecular formula is C9H10N2O5S. The summed E-state index contributed by atoms with van der Waals surface area (Å²) in [4.78, 5) is 20.5. The molecule has 0 radical (unpaired) electrons. The largest absolute Gasteiger partial charge is 0.464 e. The molecule has 92 valence electrons. The number of carboxylic acid groups (broad SMARTS) is 1. The third-order valence-corrected chi connectivity index (χ3v) is 3.30. The standard InChI is InChI=1S/C9H10N2O5S/c1-11(9(13)14)17(15,16)8-4-2-7(3-5-8)10-6-12/h2-6H,1H3,(H,10,12)(H,13,14)/i1D3. The number of carbonyl (C=O) groups excluding carboxylic acids is 1. The average Bonchev–Trinajstić information content (AvgIpc) is 2.26. The predicted octanol–water partition coefficient (Wildman–Crippen LogP) is 0.553. The van der Waals surface area contributed by atoms with Crippen molar-refractivity contribution in [3.8, 4) is 0 Å². The third kappa shape index (κ3) is 2.72. The summed E-state index contributed by atoms with van der Waals surface area (Å²) in [6.07, 6.45) is -1.74. The molecule has 8 heteroatoms. The Morgan fingerprint density at radius 1 is 1.47 bits per heavy atom. The molecule has 1 aromatic carbocycles. The van der Waals surface area contributed by atoms with Gasteiger partial charge in [0.1, 0.15) is 0 Å². The van der Waals surface area contributed by atoms with Gasteiger partial charge in [-0.25, -0.2) is 17.5 Å². The van der Waals surface area contributed by atoms with Crippen molar-refractivity contribution in [3.63, 3.8) is 0 Å². The maximum absolute atomic E-state index is 12.0. The summed E-state index contributed by atoms with van der Waals surface area (Å²) < 4.78 is 44.3. The number of amides is 2. The van der Waals surface area contributed by atoms with E-state index in [2.05, 4.69) is 5.32 Å². The summed E-state index contributed by atoms with van der Waals surface area (Å²) in [6.45, 7) is -3.36. The van der Waals surface area contributed by atoms with E-state index in [-0.39, 0.29) is 5.69 Å². The van der Waals surface area contributed by atoms with Crippen molar-refractivity contribution in [3.05, 3.63) is 24.3 Å². The Morgan fingerprint density at radius 3 is 2.47 bits per heavy atom. The van der Waals surface area contributed by atoms with Crippen molar-refractivity contribution >= 4 is 28.2 Å². The van der Waals surface area contributed by atoms with E-state index in [0.717, 1.165) is 12.1 Å². The first-order chi connectivity index (χ1) is 9.10. The predicted molar refractivity (Wildman–Crippen MR) is 59.1 cm³/mol. The fraction of sp³-hybridized carbons (Fsp3) is 0.111. The molecule has 0 aliphatic heterocycles. The van der Waals surface area contributed by atoms with E-state index in [1.807, 2.05) is 0 Å². The summed E-state index contributed by atoms with van der Waals surface area (Å²) in [5.74, 6) is 0. The molecule has 1 aromatic rings. The first-order valence-electron chi connectivity index (χ1n) is 5.69. The Morgan fingerprint density at radius 2 is 2.06 bits per heavy atom. The van der Waals surface area contributed by atoms with Crippen LogP contribution in [0.4, 0.5) is 10.5 Å². The number of hydrogen-bond donors (Lipinski definition) is 2. The maximum atomic E-state index is 12.0. The Balaban J connectivity index is 3.27. The van der Waals surface area contributed by atoms with Crippen LogP contribution in [-0.4, -0.2) is 37.3 Å². The summed E-state index contributed by atoms with van der Waals surface area (Å²) in [6, 6.07) is 4.37. The van der Waals surface area contributed by atoms with Crippen LogP contribution in [0, 0.1) is 0 Å². The second kappa shape index (κ2) is 4.83. The average molecular weight is 261 g/mol. The number of sulfonamides is 1. The van der Waals surface area contributed by atoms with Crippen LogP contribution in [0.5, 0.6) is 0 Å².